The summed E-state index contributed by atoms with van der Waals surface area (Å²) in [4.78, 5) is 12.1. The molecule has 0 radical (unpaired) electrons. The second-order valence-electron chi connectivity index (χ2n) is 4.14. The van der Waals surface area contributed by atoms with Gasteiger partial charge in [-0.3, -0.25) is 10.1 Å². The first-order chi connectivity index (χ1) is 9.10. The first-order valence-corrected chi connectivity index (χ1v) is 6.87. The van der Waals surface area contributed by atoms with Crippen molar-refractivity contribution in [2.45, 2.75) is 20.8 Å². The van der Waals surface area contributed by atoms with E-state index in [-0.39, 0.29) is 5.91 Å². The summed E-state index contributed by atoms with van der Waals surface area (Å²) < 4.78 is 0. The van der Waals surface area contributed by atoms with Crippen LogP contribution in [0.1, 0.15) is 27.9 Å². The molecule has 0 aliphatic carbocycles. The fourth-order valence-electron chi connectivity index (χ4n) is 1.71. The number of aryl methyl sites for hydroxylation is 2. The number of hydrogen-bond acceptors (Lipinski definition) is 5. The van der Waals surface area contributed by atoms with Crippen LogP contribution in [0.15, 0.2) is 18.2 Å². The van der Waals surface area contributed by atoms with Crippen LogP contribution in [0.2, 0.25) is 0 Å². The Morgan fingerprint density at radius 2 is 2.11 bits per heavy atom. The summed E-state index contributed by atoms with van der Waals surface area (Å²) in [5.41, 5.74) is 2.71. The van der Waals surface area contributed by atoms with Crippen LogP contribution >= 0.6 is 11.3 Å². The Morgan fingerprint density at radius 3 is 2.68 bits per heavy atom. The summed E-state index contributed by atoms with van der Waals surface area (Å²) in [7, 11) is 0. The summed E-state index contributed by atoms with van der Waals surface area (Å²) in [6.07, 6.45) is 0. The van der Waals surface area contributed by atoms with Crippen LogP contribution in [0.3, 0.4) is 0 Å². The van der Waals surface area contributed by atoms with E-state index < -0.39 is 0 Å². The summed E-state index contributed by atoms with van der Waals surface area (Å²) in [6, 6.07) is 5.58. The number of benzene rings is 1. The van der Waals surface area contributed by atoms with Crippen molar-refractivity contribution in [1.82, 2.24) is 10.2 Å². The molecule has 100 valence electrons. The minimum Gasteiger partial charge on any atom is -0.385 e. The number of carbonyl (C=O) groups is 1. The van der Waals surface area contributed by atoms with E-state index in [1.807, 2.05) is 32.9 Å². The van der Waals surface area contributed by atoms with Gasteiger partial charge in [-0.25, -0.2) is 0 Å². The highest BCUT2D eigenvalue weighted by Gasteiger charge is 2.10. The van der Waals surface area contributed by atoms with Crippen molar-refractivity contribution in [3.8, 4) is 0 Å². The topological polar surface area (TPSA) is 66.9 Å². The van der Waals surface area contributed by atoms with E-state index in [9.17, 15) is 4.79 Å². The van der Waals surface area contributed by atoms with Gasteiger partial charge in [0.2, 0.25) is 5.13 Å². The predicted octanol–water partition coefficient (Wildman–Crippen LogP) is 2.84. The van der Waals surface area contributed by atoms with Gasteiger partial charge in [-0.2, -0.15) is 0 Å². The summed E-state index contributed by atoms with van der Waals surface area (Å²) in [5.74, 6) is -0.165. The fourth-order valence-corrected chi connectivity index (χ4v) is 2.30. The second kappa shape index (κ2) is 5.79. The molecule has 1 amide bonds. The highest BCUT2D eigenvalue weighted by atomic mass is 32.1. The standard InChI is InChI=1S/C13H16N4OS/c1-4-14-11-6-5-10(7-8(11)2)12(18)15-13-17-16-9(3)19-13/h5-7,14H,4H2,1-3H3,(H,15,17,18). The first kappa shape index (κ1) is 13.5. The van der Waals surface area contributed by atoms with E-state index >= 15 is 0 Å². The zero-order chi connectivity index (χ0) is 13.8. The lowest BCUT2D eigenvalue weighted by molar-refractivity contribution is 0.102. The van der Waals surface area contributed by atoms with Crippen LogP contribution in [-0.2, 0) is 0 Å². The highest BCUT2D eigenvalue weighted by Crippen LogP contribution is 2.19. The number of nitrogens with one attached hydrogen (secondary N) is 2. The number of aromatic nitrogens is 2. The van der Waals surface area contributed by atoms with Gasteiger partial charge in [0.25, 0.3) is 5.91 Å². The van der Waals surface area contributed by atoms with Crippen molar-refractivity contribution in [3.63, 3.8) is 0 Å². The van der Waals surface area contributed by atoms with Gasteiger partial charge in [-0.1, -0.05) is 11.3 Å². The lowest BCUT2D eigenvalue weighted by Gasteiger charge is -2.09. The van der Waals surface area contributed by atoms with Crippen molar-refractivity contribution in [2.24, 2.45) is 0 Å². The first-order valence-electron chi connectivity index (χ1n) is 6.06. The quantitative estimate of drug-likeness (QED) is 0.901. The highest BCUT2D eigenvalue weighted by molar-refractivity contribution is 7.15. The van der Waals surface area contributed by atoms with Crippen molar-refractivity contribution < 1.29 is 4.79 Å². The smallest absolute Gasteiger partial charge is 0.257 e. The number of nitrogens with zero attached hydrogens (tertiary/aromatic N) is 2. The Bertz CT molecular complexity index is 594. The van der Waals surface area contributed by atoms with Crippen molar-refractivity contribution in [3.05, 3.63) is 34.3 Å². The molecule has 0 aliphatic rings. The summed E-state index contributed by atoms with van der Waals surface area (Å²) >= 11 is 1.36. The van der Waals surface area contributed by atoms with Gasteiger partial charge < -0.3 is 5.32 Å². The van der Waals surface area contributed by atoms with Crippen LogP contribution in [0.5, 0.6) is 0 Å². The molecule has 2 aromatic rings. The predicted molar refractivity (Wildman–Crippen MR) is 77.9 cm³/mol. The van der Waals surface area contributed by atoms with Crippen molar-refractivity contribution >= 4 is 28.1 Å². The lowest BCUT2D eigenvalue weighted by atomic mass is 10.1. The molecule has 19 heavy (non-hydrogen) atoms. The second-order valence-corrected chi connectivity index (χ2v) is 5.32. The zero-order valence-electron chi connectivity index (χ0n) is 11.2. The van der Waals surface area contributed by atoms with Gasteiger partial charge in [0, 0.05) is 17.8 Å². The molecule has 1 aromatic heterocycles. The average molecular weight is 276 g/mol. The largest absolute Gasteiger partial charge is 0.385 e. The third-order valence-electron chi connectivity index (χ3n) is 2.60. The van der Waals surface area contributed by atoms with Crippen LogP contribution in [0.25, 0.3) is 0 Å². The molecule has 6 heteroatoms. The molecule has 0 fully saturated rings. The molecule has 2 rings (SSSR count). The van der Waals surface area contributed by atoms with Gasteiger partial charge >= 0.3 is 0 Å². The fraction of sp³-hybridized carbons (Fsp3) is 0.308. The molecule has 2 N–H and O–H groups in total. The van der Waals surface area contributed by atoms with Gasteiger partial charge in [-0.15, -0.1) is 10.2 Å². The molecule has 0 unspecified atom stereocenters. The number of carbonyl (C=O) groups excluding carboxylic acids is 1. The molecular formula is C13H16N4OS. The van der Waals surface area contributed by atoms with Crippen LogP contribution in [0, 0.1) is 13.8 Å². The minimum atomic E-state index is -0.165. The number of amides is 1. The normalized spacial score (nSPS) is 10.3. The lowest BCUT2D eigenvalue weighted by Crippen LogP contribution is -2.12. The van der Waals surface area contributed by atoms with Crippen LogP contribution in [0.4, 0.5) is 10.8 Å². The molecule has 0 saturated heterocycles. The molecule has 0 saturated carbocycles. The van der Waals surface area contributed by atoms with E-state index in [1.165, 1.54) is 11.3 Å². The van der Waals surface area contributed by atoms with Gasteiger partial charge in [-0.05, 0) is 44.5 Å². The van der Waals surface area contributed by atoms with Crippen LogP contribution < -0.4 is 10.6 Å². The Balaban J connectivity index is 2.13. The molecular weight excluding hydrogens is 260 g/mol. The SMILES string of the molecule is CCNc1ccc(C(=O)Nc2nnc(C)s2)cc1C. The van der Waals surface area contributed by atoms with Gasteiger partial charge in [0.1, 0.15) is 5.01 Å². The Morgan fingerprint density at radius 1 is 1.32 bits per heavy atom. The molecule has 0 atom stereocenters. The molecule has 0 bridgehead atoms. The minimum absolute atomic E-state index is 0.165. The molecule has 5 nitrogen and oxygen atoms in total. The molecule has 0 aliphatic heterocycles. The Hall–Kier alpha value is -1.95. The third kappa shape index (κ3) is 3.29. The molecule has 1 heterocycles. The number of hydrogen-bond donors (Lipinski definition) is 2. The summed E-state index contributed by atoms with van der Waals surface area (Å²) in [5, 5.41) is 15.1. The van der Waals surface area contributed by atoms with Crippen LogP contribution in [-0.4, -0.2) is 22.6 Å². The Kier molecular flexibility index (Phi) is 4.11. The van der Waals surface area contributed by atoms with E-state index in [2.05, 4.69) is 20.8 Å². The molecule has 0 spiro atoms. The van der Waals surface area contributed by atoms with E-state index in [0.29, 0.717) is 10.7 Å². The van der Waals surface area contributed by atoms with Gasteiger partial charge in [0.15, 0.2) is 0 Å². The summed E-state index contributed by atoms with van der Waals surface area (Å²) in [6.45, 7) is 6.72. The Labute approximate surface area is 116 Å². The van der Waals surface area contributed by atoms with E-state index in [4.69, 9.17) is 0 Å². The van der Waals surface area contributed by atoms with Crippen molar-refractivity contribution in [1.29, 1.82) is 0 Å². The van der Waals surface area contributed by atoms with Gasteiger partial charge in [0.05, 0.1) is 0 Å². The monoisotopic (exact) mass is 276 g/mol. The average Bonchev–Trinajstić information content (AvgIpc) is 2.77. The zero-order valence-corrected chi connectivity index (χ0v) is 12.0. The van der Waals surface area contributed by atoms with Crippen molar-refractivity contribution in [2.75, 3.05) is 17.2 Å². The maximum atomic E-state index is 12.1. The molecule has 1 aromatic carbocycles. The third-order valence-corrected chi connectivity index (χ3v) is 3.36. The maximum absolute atomic E-state index is 12.1. The number of rotatable bonds is 4. The van der Waals surface area contributed by atoms with E-state index in [0.717, 1.165) is 22.8 Å². The maximum Gasteiger partial charge on any atom is 0.257 e. The number of anilines is 2. The van der Waals surface area contributed by atoms with E-state index in [1.54, 1.807) is 6.07 Å².